The van der Waals surface area contributed by atoms with Crippen LogP contribution in [-0.4, -0.2) is 327 Å². The van der Waals surface area contributed by atoms with Crippen LogP contribution < -0.4 is 0 Å². The van der Waals surface area contributed by atoms with Crippen molar-refractivity contribution >= 4 is 5.97 Å². The number of esters is 1. The number of carbonyl (C=O) groups is 1. The Morgan fingerprint density at radius 3 is 1.66 bits per heavy atom. The van der Waals surface area contributed by atoms with E-state index in [4.69, 9.17) is 56.8 Å². The van der Waals surface area contributed by atoms with E-state index >= 15 is 4.79 Å². The summed E-state index contributed by atoms with van der Waals surface area (Å²) in [5, 5.41) is 206. The minimum Gasteiger partial charge on any atom is -0.432 e. The minimum atomic E-state index is -2.06. The number of allylic oxidation sites excluding steroid dienone is 2. The first-order chi connectivity index (χ1) is 45.6. The molecule has 0 spiro atoms. The van der Waals surface area contributed by atoms with Crippen LogP contribution in [0.3, 0.4) is 0 Å². The quantitative estimate of drug-likeness (QED) is 0.0366. The van der Waals surface area contributed by atoms with Crippen molar-refractivity contribution in [1.29, 1.82) is 0 Å². The van der Waals surface area contributed by atoms with Gasteiger partial charge in [0.25, 0.3) is 0 Å². The van der Waals surface area contributed by atoms with Crippen molar-refractivity contribution in [2.24, 2.45) is 50.2 Å². The molecule has 38 atom stereocenters. The number of fused-ring (bicyclic) bond motifs is 7. The summed E-state index contributed by atoms with van der Waals surface area (Å²) in [6, 6.07) is 0. The number of hydrogen-bond acceptors (Lipinski definition) is 32. The van der Waals surface area contributed by atoms with Gasteiger partial charge in [-0.25, -0.2) is 0 Å². The van der Waals surface area contributed by atoms with Crippen molar-refractivity contribution in [2.75, 3.05) is 39.6 Å². The van der Waals surface area contributed by atoms with E-state index in [1.165, 1.54) is 6.92 Å². The number of hydrogen-bond donors (Lipinski definition) is 19. The van der Waals surface area contributed by atoms with Crippen LogP contribution in [-0.2, 0) is 61.6 Å². The van der Waals surface area contributed by atoms with Crippen LogP contribution in [0, 0.1) is 50.2 Å². The second kappa shape index (κ2) is 28.8. The van der Waals surface area contributed by atoms with Gasteiger partial charge in [-0.15, -0.1) is 0 Å². The van der Waals surface area contributed by atoms with Crippen molar-refractivity contribution in [3.05, 3.63) is 11.6 Å². The average molecular weight is 1400 g/mol. The summed E-state index contributed by atoms with van der Waals surface area (Å²) in [7, 11) is 0. The molecule has 4 saturated carbocycles. The van der Waals surface area contributed by atoms with E-state index in [0.717, 1.165) is 12.0 Å². The maximum absolute atomic E-state index is 15.2. The lowest BCUT2D eigenvalue weighted by molar-refractivity contribution is -0.390. The van der Waals surface area contributed by atoms with E-state index in [1.807, 2.05) is 6.92 Å². The Balaban J connectivity index is 0.772. The molecular formula is C65H106O32. The van der Waals surface area contributed by atoms with E-state index in [2.05, 4.69) is 40.7 Å². The molecule has 6 aliphatic heterocycles. The molecule has 19 N–H and O–H groups in total. The first-order valence-corrected chi connectivity index (χ1v) is 34.3. The average Bonchev–Trinajstić information content (AvgIpc) is 0.675. The highest BCUT2D eigenvalue weighted by Crippen LogP contribution is 2.76. The molecule has 0 aromatic heterocycles. The molecule has 6 heterocycles. The summed E-state index contributed by atoms with van der Waals surface area (Å²) < 4.78 is 71.2. The van der Waals surface area contributed by atoms with Crippen LogP contribution in [0.4, 0.5) is 0 Å². The fourth-order valence-electron chi connectivity index (χ4n) is 19.0. The van der Waals surface area contributed by atoms with Crippen molar-refractivity contribution < 1.29 is 159 Å². The van der Waals surface area contributed by atoms with Gasteiger partial charge >= 0.3 is 5.97 Å². The van der Waals surface area contributed by atoms with Gasteiger partial charge in [0.1, 0.15) is 134 Å². The smallest absolute Gasteiger partial charge is 0.315 e. The van der Waals surface area contributed by atoms with Gasteiger partial charge in [0.15, 0.2) is 31.5 Å². The van der Waals surface area contributed by atoms with E-state index < -0.39 is 245 Å². The lowest BCUT2D eigenvalue weighted by Crippen LogP contribution is -2.67. The van der Waals surface area contributed by atoms with Crippen LogP contribution in [0.2, 0.25) is 0 Å². The van der Waals surface area contributed by atoms with Gasteiger partial charge in [0.2, 0.25) is 6.29 Å². The molecule has 5 aliphatic carbocycles. The van der Waals surface area contributed by atoms with Crippen molar-refractivity contribution in [3.8, 4) is 0 Å². The van der Waals surface area contributed by atoms with Gasteiger partial charge in [0, 0.05) is 5.41 Å². The molecule has 2 unspecified atom stereocenters. The standard InChI is InChI=1S/C65H106O32/c1-25-36(71)51(95-55-48(83)44(79)50(31(21-68)91-55)94-54-46(81)42(77)39(74)30(20-67)90-54)49(84)57(88-25)96-52-37(72)28(70)22-86-58(52)93-35-11-12-61(4)33(62(35,5)24-69)10-13-64(7)34(61)9-8-26-27-18-60(2,3)14-16-65(27,17-15-63(26,64)6)59(85)97-56-47(82)43(78)40(75)32(92-56)23-87-53-45(80)41(76)38(73)29(19-66)89-53/h8,25,27-58,66-84H,9-24H2,1-7H3/t25-,27-,28-,29+,30+,31+,32+,33?,34?,35-,36-,37-,38+,39+,40+,41-,42-,43-,44+,45+,46+,47+,48+,49+,50+,51+,52+,53+,54-,55-,56-,57-,58-,61-,62-,63+,64+,65-/m0/s1. The highest BCUT2D eigenvalue weighted by molar-refractivity contribution is 5.79. The topological polar surface area (TPSA) is 512 Å². The third-order valence-corrected chi connectivity index (χ3v) is 25.3. The molecule has 0 aromatic rings. The molecule has 32 heteroatoms. The minimum absolute atomic E-state index is 0.0526. The highest BCUT2D eigenvalue weighted by atomic mass is 16.8. The summed E-state index contributed by atoms with van der Waals surface area (Å²) in [4.78, 5) is 15.2. The molecule has 0 bridgehead atoms. The van der Waals surface area contributed by atoms with E-state index in [-0.39, 0.29) is 35.2 Å². The van der Waals surface area contributed by atoms with E-state index in [9.17, 15) is 97.0 Å². The van der Waals surface area contributed by atoms with Gasteiger partial charge in [0.05, 0.1) is 57.3 Å². The zero-order chi connectivity index (χ0) is 70.7. The second-order valence-electron chi connectivity index (χ2n) is 31.3. The highest BCUT2D eigenvalue weighted by Gasteiger charge is 2.71. The Hall–Kier alpha value is -1.99. The van der Waals surface area contributed by atoms with Crippen LogP contribution in [0.1, 0.15) is 113 Å². The Kier molecular flexibility index (Phi) is 22.6. The van der Waals surface area contributed by atoms with Crippen LogP contribution >= 0.6 is 0 Å². The largest absolute Gasteiger partial charge is 0.432 e. The first kappa shape index (κ1) is 76.1. The Labute approximate surface area is 561 Å². The Bertz CT molecular complexity index is 2710. The van der Waals surface area contributed by atoms with Crippen molar-refractivity contribution in [3.63, 3.8) is 0 Å². The fraction of sp³-hybridized carbons (Fsp3) is 0.954. The van der Waals surface area contributed by atoms with Crippen molar-refractivity contribution in [2.45, 2.75) is 297 Å². The fourth-order valence-corrected chi connectivity index (χ4v) is 19.0. The second-order valence-corrected chi connectivity index (χ2v) is 31.3. The van der Waals surface area contributed by atoms with Gasteiger partial charge in [-0.2, -0.15) is 0 Å². The van der Waals surface area contributed by atoms with Crippen LogP contribution in [0.15, 0.2) is 11.6 Å². The molecule has 32 nitrogen and oxygen atoms in total. The molecule has 0 aromatic carbocycles. The van der Waals surface area contributed by atoms with Crippen LogP contribution in [0.25, 0.3) is 0 Å². The van der Waals surface area contributed by atoms with Gasteiger partial charge in [-0.1, -0.05) is 53.2 Å². The van der Waals surface area contributed by atoms with Gasteiger partial charge in [-0.3, -0.25) is 4.79 Å². The lowest BCUT2D eigenvalue weighted by atomic mass is 9.33. The van der Waals surface area contributed by atoms with Gasteiger partial charge < -0.3 is 154 Å². The predicted molar refractivity (Wildman–Crippen MR) is 322 cm³/mol. The number of aliphatic hydroxyl groups excluding tert-OH is 19. The Morgan fingerprint density at radius 2 is 1.03 bits per heavy atom. The summed E-state index contributed by atoms with van der Waals surface area (Å²) >= 11 is 0. The number of carbonyl (C=O) groups excluding carboxylic acids is 1. The molecule has 0 amide bonds. The lowest BCUT2D eigenvalue weighted by Gasteiger charge is -2.71. The summed E-state index contributed by atoms with van der Waals surface area (Å²) in [6.07, 6.45) is -42.2. The van der Waals surface area contributed by atoms with E-state index in [1.54, 1.807) is 0 Å². The molecule has 10 fully saturated rings. The molecule has 6 saturated heterocycles. The normalized spacial score (nSPS) is 54.7. The molecular weight excluding hydrogens is 1290 g/mol. The summed E-state index contributed by atoms with van der Waals surface area (Å²) in [5.74, 6) is -1.05. The third kappa shape index (κ3) is 13.2. The molecule has 11 rings (SSSR count). The monoisotopic (exact) mass is 1400 g/mol. The molecule has 558 valence electrons. The summed E-state index contributed by atoms with van der Waals surface area (Å²) in [5.41, 5.74) is -2.30. The maximum atomic E-state index is 15.2. The zero-order valence-electron chi connectivity index (χ0n) is 55.7. The molecule has 11 aliphatic rings. The SMILES string of the molecule is C[C@@H]1O[C@@H](O[C@H]2[C@H](O[C@H]3CC[C@@]4(C)C(CC[C@]5(C)C4CC=C4[C@@H]6CC(C)(C)CC[C@]6(C(=O)O[C@@H]6O[C@H](CO[C@@H]7O[C@H](CO)[C@@H](O)[C@H](O)[C@H]7O)[C@@H](O)[C@H](O)[C@H]6O)CC[C@]45C)[C@]3(C)CO)OC[C@H](O)[C@@H]2O)[C@H](O)[C@H](O[C@@H]2O[C@H](CO)[C@@H](O[C@@H]3O[C@H](CO)[C@@H](O)[C@H](O)[C@H]3O)[C@H](O)[C@H]2O)[C@H]1O. The van der Waals surface area contributed by atoms with Crippen molar-refractivity contribution in [1.82, 2.24) is 0 Å². The molecule has 97 heavy (non-hydrogen) atoms. The van der Waals surface area contributed by atoms with Crippen LogP contribution in [0.5, 0.6) is 0 Å². The predicted octanol–water partition coefficient (Wildman–Crippen LogP) is -5.75. The van der Waals surface area contributed by atoms with Gasteiger partial charge in [-0.05, 0) is 111 Å². The number of aliphatic hydroxyl groups is 19. The maximum Gasteiger partial charge on any atom is 0.315 e. The Morgan fingerprint density at radius 1 is 0.495 bits per heavy atom. The number of ether oxygens (including phenoxy) is 12. The van der Waals surface area contributed by atoms with E-state index in [0.29, 0.717) is 57.8 Å². The third-order valence-electron chi connectivity index (χ3n) is 25.3. The molecule has 0 radical (unpaired) electrons. The zero-order valence-corrected chi connectivity index (χ0v) is 55.7. The summed E-state index contributed by atoms with van der Waals surface area (Å²) in [6.45, 7) is 10.9. The first-order valence-electron chi connectivity index (χ1n) is 34.3. The number of rotatable bonds is 17.